The predicted molar refractivity (Wildman–Crippen MR) is 162 cm³/mol. The monoisotopic (exact) mass is 584 g/mol. The highest BCUT2D eigenvalue weighted by Gasteiger charge is 2.28. The van der Waals surface area contributed by atoms with Crippen LogP contribution in [0.15, 0.2) is 60.8 Å². The van der Waals surface area contributed by atoms with E-state index >= 15 is 0 Å². The number of fused-ring (bicyclic) bond motifs is 5. The second kappa shape index (κ2) is 13.2. The van der Waals surface area contributed by atoms with Gasteiger partial charge in [0.2, 0.25) is 12.5 Å². The Morgan fingerprint density at radius 3 is 2.44 bits per heavy atom. The summed E-state index contributed by atoms with van der Waals surface area (Å²) < 4.78 is 36.5. The maximum absolute atomic E-state index is 11.6. The summed E-state index contributed by atoms with van der Waals surface area (Å²) in [6.07, 6.45) is 7.41. The third-order valence-corrected chi connectivity index (χ3v) is 7.93. The molecule has 6 rings (SSSR count). The van der Waals surface area contributed by atoms with Gasteiger partial charge in [0, 0.05) is 12.5 Å². The topological polar surface area (TPSA) is 76.3 Å². The first kappa shape index (κ1) is 28.6. The molecule has 0 atom stereocenters. The highest BCUT2D eigenvalue weighted by atomic mass is 16.7. The van der Waals surface area contributed by atoms with Gasteiger partial charge in [0.05, 0.1) is 44.3 Å². The number of aromatic nitrogens is 1. The molecule has 2 aliphatic rings. The molecule has 2 aliphatic heterocycles. The molecule has 0 saturated heterocycles. The highest BCUT2D eigenvalue weighted by molar-refractivity contribution is 5.91. The van der Waals surface area contributed by atoms with Crippen molar-refractivity contribution in [2.75, 3.05) is 33.7 Å². The number of hydrogen-bond acceptors (Lipinski definition) is 7. The lowest BCUT2D eigenvalue weighted by molar-refractivity contribution is -0.686. The summed E-state index contributed by atoms with van der Waals surface area (Å²) in [7, 11) is 1.69. The predicted octanol–water partition coefficient (Wildman–Crippen LogP) is 6.21. The van der Waals surface area contributed by atoms with E-state index in [4.69, 9.17) is 28.4 Å². The highest BCUT2D eigenvalue weighted by Crippen LogP contribution is 2.41. The van der Waals surface area contributed by atoms with Gasteiger partial charge in [-0.25, -0.2) is 0 Å². The van der Waals surface area contributed by atoms with E-state index in [1.165, 1.54) is 11.1 Å². The van der Waals surface area contributed by atoms with Crippen LogP contribution in [0.4, 0.5) is 0 Å². The second-order valence-corrected chi connectivity index (χ2v) is 10.8. The minimum atomic E-state index is -0.211. The molecule has 8 nitrogen and oxygen atoms in total. The molecular weight excluding hydrogens is 546 g/mol. The first-order valence-corrected chi connectivity index (χ1v) is 15.1. The van der Waals surface area contributed by atoms with Crippen molar-refractivity contribution in [3.8, 4) is 40.0 Å². The van der Waals surface area contributed by atoms with Crippen molar-refractivity contribution < 1.29 is 37.8 Å². The normalized spacial score (nSPS) is 12.9. The van der Waals surface area contributed by atoms with Gasteiger partial charge in [-0.3, -0.25) is 4.79 Å². The summed E-state index contributed by atoms with van der Waals surface area (Å²) in [5.74, 6) is 3.78. The Morgan fingerprint density at radius 1 is 0.907 bits per heavy atom. The van der Waals surface area contributed by atoms with Crippen LogP contribution in [0.25, 0.3) is 22.0 Å². The number of rotatable bonds is 13. The van der Waals surface area contributed by atoms with Crippen LogP contribution < -0.4 is 28.3 Å². The fraction of sp³-hybridized carbons (Fsp3) is 0.371. The van der Waals surface area contributed by atoms with E-state index in [0.717, 1.165) is 89.4 Å². The minimum Gasteiger partial charge on any atom is -0.494 e. The quantitative estimate of drug-likeness (QED) is 0.105. The Balaban J connectivity index is 1.01. The lowest BCUT2D eigenvalue weighted by Crippen LogP contribution is -2.40. The Kier molecular flexibility index (Phi) is 8.82. The average molecular weight is 585 g/mol. The smallest absolute Gasteiger partial charge is 0.310 e. The van der Waals surface area contributed by atoms with Crippen LogP contribution in [-0.4, -0.2) is 39.7 Å². The maximum atomic E-state index is 11.6. The molecule has 0 N–H and O–H groups in total. The molecule has 0 fully saturated rings. The van der Waals surface area contributed by atoms with Crippen LogP contribution in [0.3, 0.4) is 0 Å². The van der Waals surface area contributed by atoms with E-state index < -0.39 is 0 Å². The van der Waals surface area contributed by atoms with Crippen LogP contribution in [0.5, 0.6) is 28.7 Å². The van der Waals surface area contributed by atoms with Crippen LogP contribution in [0.2, 0.25) is 0 Å². The first-order chi connectivity index (χ1) is 21.1. The Labute approximate surface area is 252 Å². The van der Waals surface area contributed by atoms with Crippen molar-refractivity contribution in [3.63, 3.8) is 0 Å². The van der Waals surface area contributed by atoms with Gasteiger partial charge in [0.1, 0.15) is 5.75 Å². The number of methoxy groups -OCH3 is 1. The van der Waals surface area contributed by atoms with Crippen molar-refractivity contribution >= 4 is 16.7 Å². The number of aryl methyl sites for hydroxylation is 2. The van der Waals surface area contributed by atoms with Gasteiger partial charge >= 0.3 is 5.97 Å². The minimum absolute atomic E-state index is 0.211. The van der Waals surface area contributed by atoms with E-state index in [1.807, 2.05) is 37.3 Å². The molecule has 0 amide bonds. The number of carbonyl (C=O) groups is 1. The van der Waals surface area contributed by atoms with E-state index in [2.05, 4.69) is 35.0 Å². The van der Waals surface area contributed by atoms with E-state index in [9.17, 15) is 4.79 Å². The second-order valence-electron chi connectivity index (χ2n) is 10.8. The summed E-state index contributed by atoms with van der Waals surface area (Å²) in [5.41, 5.74) is 4.55. The van der Waals surface area contributed by atoms with Crippen molar-refractivity contribution in [3.05, 3.63) is 71.9 Å². The number of unbranched alkanes of at least 4 members (excludes halogenated alkanes) is 3. The third kappa shape index (κ3) is 6.48. The molecule has 8 heteroatoms. The van der Waals surface area contributed by atoms with Crippen molar-refractivity contribution in [1.29, 1.82) is 0 Å². The Morgan fingerprint density at radius 2 is 1.67 bits per heavy atom. The summed E-state index contributed by atoms with van der Waals surface area (Å²) in [6.45, 7) is 4.64. The van der Waals surface area contributed by atoms with Crippen molar-refractivity contribution in [2.45, 2.75) is 52.0 Å². The number of ether oxygens (including phenoxy) is 6. The molecule has 0 aliphatic carbocycles. The van der Waals surface area contributed by atoms with Gasteiger partial charge in [-0.15, -0.1) is 0 Å². The Bertz CT molecular complexity index is 1600. The van der Waals surface area contributed by atoms with Gasteiger partial charge in [-0.05, 0) is 85.5 Å². The molecular formula is C35H38NO7+. The van der Waals surface area contributed by atoms with Gasteiger partial charge in [-0.2, -0.15) is 4.57 Å². The zero-order chi connectivity index (χ0) is 29.6. The summed E-state index contributed by atoms with van der Waals surface area (Å²) in [4.78, 5) is 11.6. The number of esters is 1. The lowest BCUT2D eigenvalue weighted by atomic mass is 9.95. The fourth-order valence-electron chi connectivity index (χ4n) is 5.71. The van der Waals surface area contributed by atoms with Gasteiger partial charge in [0.15, 0.2) is 35.7 Å². The van der Waals surface area contributed by atoms with Crippen LogP contribution >= 0.6 is 0 Å². The van der Waals surface area contributed by atoms with Gasteiger partial charge in [0.25, 0.3) is 0 Å². The molecule has 224 valence electrons. The number of pyridine rings is 1. The molecule has 0 spiro atoms. The van der Waals surface area contributed by atoms with Crippen molar-refractivity contribution in [2.24, 2.45) is 0 Å². The fourth-order valence-corrected chi connectivity index (χ4v) is 5.71. The van der Waals surface area contributed by atoms with Crippen LogP contribution in [-0.2, 0) is 28.9 Å². The number of nitrogens with zero attached hydrogens (tertiary/aromatic N) is 1. The zero-order valence-corrected chi connectivity index (χ0v) is 24.9. The summed E-state index contributed by atoms with van der Waals surface area (Å²) >= 11 is 0. The zero-order valence-electron chi connectivity index (χ0n) is 24.9. The molecule has 43 heavy (non-hydrogen) atoms. The van der Waals surface area contributed by atoms with Crippen molar-refractivity contribution in [1.82, 2.24) is 0 Å². The number of benzene rings is 3. The Hall–Kier alpha value is -4.46. The molecule has 0 unspecified atom stereocenters. The first-order valence-electron chi connectivity index (χ1n) is 15.1. The SMILES string of the molecule is CCOC(=O)Cc1ccc(OCCCCCCOc2c(OC)ccc3cc4[n+](cc23)CCc2cc3c(cc2-4)OCO3)cc1. The largest absolute Gasteiger partial charge is 0.494 e. The van der Waals surface area contributed by atoms with Crippen LogP contribution in [0.1, 0.15) is 43.7 Å². The number of hydrogen-bond donors (Lipinski definition) is 0. The lowest BCUT2D eigenvalue weighted by Gasteiger charge is -2.18. The van der Waals surface area contributed by atoms with Crippen LogP contribution in [0, 0.1) is 0 Å². The summed E-state index contributed by atoms with van der Waals surface area (Å²) in [5, 5.41) is 2.16. The summed E-state index contributed by atoms with van der Waals surface area (Å²) in [6, 6.07) is 18.2. The van der Waals surface area contributed by atoms with Gasteiger partial charge < -0.3 is 28.4 Å². The maximum Gasteiger partial charge on any atom is 0.310 e. The molecule has 4 aromatic rings. The molecule has 3 heterocycles. The molecule has 3 aromatic carbocycles. The van der Waals surface area contributed by atoms with E-state index in [1.54, 1.807) is 7.11 Å². The molecule has 0 bridgehead atoms. The van der Waals surface area contributed by atoms with E-state index in [-0.39, 0.29) is 19.2 Å². The van der Waals surface area contributed by atoms with Gasteiger partial charge in [-0.1, -0.05) is 12.1 Å². The number of carbonyl (C=O) groups excluding carboxylic acids is 1. The molecule has 1 aromatic heterocycles. The third-order valence-electron chi connectivity index (χ3n) is 7.93. The molecule has 0 radical (unpaired) electrons. The standard InChI is InChI=1S/C35H38NO7/c1-3-39-34(37)18-24-8-11-27(12-9-24)40-16-6-4-5-7-17-41-35-29-22-36-15-14-26-20-32-33(43-23-42-32)21-28(26)30(36)19-25(29)10-13-31(35)38-2/h8-13,19-22H,3-7,14-18,23H2,1-2H3/q+1. The molecule has 0 saturated carbocycles. The average Bonchev–Trinajstić information content (AvgIpc) is 3.49. The van der Waals surface area contributed by atoms with E-state index in [0.29, 0.717) is 19.8 Å².